The number of hydrogen-bond donors (Lipinski definition) is 0. The Morgan fingerprint density at radius 1 is 0.719 bits per heavy atom. The zero-order chi connectivity index (χ0) is 23.6. The number of halogens is 2. The molecular formula is C28H37Cl2SiZr. The first kappa shape index (κ1) is 24.7. The van der Waals surface area contributed by atoms with Crippen molar-refractivity contribution < 1.29 is 15.6 Å². The van der Waals surface area contributed by atoms with Gasteiger partial charge in [0, 0.05) is 0 Å². The molecule has 0 N–H and O–H groups in total. The van der Waals surface area contributed by atoms with E-state index in [-0.39, 0.29) is 7.25 Å². The van der Waals surface area contributed by atoms with Crippen LogP contribution in [-0.2, 0) is 15.6 Å². The van der Waals surface area contributed by atoms with E-state index >= 15 is 0 Å². The number of hydrogen-bond acceptors (Lipinski definition) is 0. The van der Waals surface area contributed by atoms with Crippen LogP contribution in [0, 0.1) is 27.7 Å². The van der Waals surface area contributed by atoms with Gasteiger partial charge >= 0.3 is 205 Å². The van der Waals surface area contributed by atoms with Crippen molar-refractivity contribution in [1.29, 1.82) is 0 Å². The molecule has 0 bridgehead atoms. The predicted molar refractivity (Wildman–Crippen MR) is 144 cm³/mol. The topological polar surface area (TPSA) is 0 Å². The first-order chi connectivity index (χ1) is 14.9. The van der Waals surface area contributed by atoms with E-state index in [9.17, 15) is 0 Å². The molecule has 0 spiro atoms. The van der Waals surface area contributed by atoms with Crippen LogP contribution >= 0.6 is 17.0 Å². The van der Waals surface area contributed by atoms with E-state index in [2.05, 4.69) is 91.1 Å². The average Bonchev–Trinajstić information content (AvgIpc) is 3.27. The van der Waals surface area contributed by atoms with Gasteiger partial charge < -0.3 is 0 Å². The second kappa shape index (κ2) is 8.37. The van der Waals surface area contributed by atoms with Crippen molar-refractivity contribution in [2.75, 3.05) is 0 Å². The Morgan fingerprint density at radius 2 is 1.09 bits per heavy atom. The Hall–Kier alpha value is -0.400. The monoisotopic (exact) mass is 561 g/mol. The van der Waals surface area contributed by atoms with Gasteiger partial charge in [-0.2, -0.15) is 0 Å². The normalized spacial score (nSPS) is 21.2. The van der Waals surface area contributed by atoms with Crippen LogP contribution in [0.15, 0.2) is 35.4 Å². The SMILES string of the molecule is CCC1=Cc2c(C)cc(C)cc2[CH]1[Zr]([Cl])([Cl])([CH]1C(CC)=Cc2c(C)cc(C)cc21)[SiH](C)C. The molecule has 2 aromatic rings. The summed E-state index contributed by atoms with van der Waals surface area (Å²) >= 11 is -4.50. The number of rotatable bonds is 5. The van der Waals surface area contributed by atoms with Gasteiger partial charge in [-0.15, -0.1) is 0 Å². The van der Waals surface area contributed by atoms with Gasteiger partial charge in [0.15, 0.2) is 0 Å². The van der Waals surface area contributed by atoms with Crippen molar-refractivity contribution >= 4 is 35.1 Å². The summed E-state index contributed by atoms with van der Waals surface area (Å²) in [7, 11) is 16.6. The molecule has 0 aliphatic heterocycles. The van der Waals surface area contributed by atoms with E-state index in [1.165, 1.54) is 55.7 Å². The molecule has 0 radical (unpaired) electrons. The summed E-state index contributed by atoms with van der Waals surface area (Å²) in [5, 5.41) is 0. The van der Waals surface area contributed by atoms with Crippen molar-refractivity contribution in [3.05, 3.63) is 79.9 Å². The molecule has 0 nitrogen and oxygen atoms in total. The first-order valence-corrected chi connectivity index (χ1v) is 28.5. The maximum absolute atomic E-state index is 8.31. The van der Waals surface area contributed by atoms with Gasteiger partial charge in [-0.25, -0.2) is 0 Å². The summed E-state index contributed by atoms with van der Waals surface area (Å²) in [5.74, 6) is -1.45. The van der Waals surface area contributed by atoms with Crippen molar-refractivity contribution in [2.24, 2.45) is 0 Å². The van der Waals surface area contributed by atoms with E-state index in [4.69, 9.17) is 17.0 Å². The number of fused-ring (bicyclic) bond motifs is 2. The summed E-state index contributed by atoms with van der Waals surface area (Å²) in [4.78, 5) is 0. The molecule has 4 heteroatoms. The Morgan fingerprint density at radius 3 is 1.41 bits per heavy atom. The van der Waals surface area contributed by atoms with E-state index in [0.717, 1.165) is 12.8 Å². The van der Waals surface area contributed by atoms with Gasteiger partial charge in [0.05, 0.1) is 0 Å². The van der Waals surface area contributed by atoms with Crippen molar-refractivity contribution in [3.8, 4) is 0 Å². The van der Waals surface area contributed by atoms with E-state index in [1.807, 2.05) is 0 Å². The molecule has 2 aliphatic carbocycles. The number of aryl methyl sites for hydroxylation is 4. The molecule has 0 amide bonds. The maximum atomic E-state index is 8.31. The third-order valence-corrected chi connectivity index (χ3v) is 60.0. The standard InChI is InChI=1S/2C13H15.C2H7Si.2ClH.Zr/c2*1-4-11-7-12-6-9(2)5-10(3)13(12)8-11;1-3-2;;;/h2*5-8H,4H2,1-3H3;3H,1-2H3;2*1H;/q;;;;;+2/p-2. The molecule has 0 heterocycles. The van der Waals surface area contributed by atoms with Gasteiger partial charge in [0.25, 0.3) is 0 Å². The molecule has 2 aliphatic rings. The van der Waals surface area contributed by atoms with Gasteiger partial charge in [-0.3, -0.25) is 0 Å². The fourth-order valence-corrected chi connectivity index (χ4v) is 38.3. The van der Waals surface area contributed by atoms with Crippen molar-refractivity contribution in [3.63, 3.8) is 0 Å². The third kappa shape index (κ3) is 3.46. The summed E-state index contributed by atoms with van der Waals surface area (Å²) < 4.78 is 0.438. The van der Waals surface area contributed by atoms with Crippen LogP contribution in [0.4, 0.5) is 0 Å². The van der Waals surface area contributed by atoms with Crippen LogP contribution in [0.1, 0.15) is 78.4 Å². The summed E-state index contributed by atoms with van der Waals surface area (Å²) in [5.41, 5.74) is 13.9. The van der Waals surface area contributed by atoms with Crippen LogP contribution in [-0.4, -0.2) is 5.92 Å². The second-order valence-corrected chi connectivity index (χ2v) is 53.1. The fourth-order valence-electron chi connectivity index (χ4n) is 6.58. The quantitative estimate of drug-likeness (QED) is 0.318. The molecule has 171 valence electrons. The molecule has 0 fully saturated rings. The molecule has 2 unspecified atom stereocenters. The minimum atomic E-state index is -4.50. The van der Waals surface area contributed by atoms with E-state index in [0.29, 0.717) is 0 Å². The van der Waals surface area contributed by atoms with E-state index < -0.39 is 21.5 Å². The zero-order valence-corrected chi connectivity index (χ0v) is 26.0. The molecule has 2 aromatic carbocycles. The van der Waals surface area contributed by atoms with Crippen LogP contribution in [0.25, 0.3) is 12.2 Å². The minimum absolute atomic E-state index is 0.219. The van der Waals surface area contributed by atoms with Gasteiger partial charge in [0.2, 0.25) is 0 Å². The van der Waals surface area contributed by atoms with Crippen LogP contribution in [0.3, 0.4) is 0 Å². The molecule has 32 heavy (non-hydrogen) atoms. The number of allylic oxidation sites excluding steroid dienone is 2. The fraction of sp³-hybridized carbons (Fsp3) is 0.429. The Balaban J connectivity index is 2.06. The Bertz CT molecular complexity index is 1090. The van der Waals surface area contributed by atoms with E-state index in [1.54, 1.807) is 0 Å². The zero-order valence-electron chi connectivity index (χ0n) is 20.9. The second-order valence-electron chi connectivity index (χ2n) is 10.6. The summed E-state index contributed by atoms with van der Waals surface area (Å²) in [6.45, 7) is 18.3. The average molecular weight is 564 g/mol. The van der Waals surface area contributed by atoms with Gasteiger partial charge in [-0.05, 0) is 0 Å². The predicted octanol–water partition coefficient (Wildman–Crippen LogP) is 9.30. The van der Waals surface area contributed by atoms with Gasteiger partial charge in [0.1, 0.15) is 0 Å². The van der Waals surface area contributed by atoms with Crippen LogP contribution in [0.5, 0.6) is 0 Å². The number of benzene rings is 2. The van der Waals surface area contributed by atoms with Crippen LogP contribution < -0.4 is 0 Å². The van der Waals surface area contributed by atoms with Gasteiger partial charge in [-0.1, -0.05) is 0 Å². The molecule has 4 rings (SSSR count). The molecular weight excluding hydrogens is 527 g/mol. The third-order valence-electron chi connectivity index (χ3n) is 8.17. The first-order valence-electron chi connectivity index (χ1n) is 12.1. The Kier molecular flexibility index (Phi) is 6.46. The molecule has 0 aromatic heterocycles. The Labute approximate surface area is 203 Å². The molecule has 0 saturated heterocycles. The van der Waals surface area contributed by atoms with Crippen molar-refractivity contribution in [1.82, 2.24) is 0 Å². The van der Waals surface area contributed by atoms with Crippen LogP contribution in [0.2, 0.25) is 13.1 Å². The summed E-state index contributed by atoms with van der Waals surface area (Å²) in [6.07, 6.45) is 6.91. The molecule has 0 saturated carbocycles. The molecule has 2 atom stereocenters. The summed E-state index contributed by atoms with van der Waals surface area (Å²) in [6, 6.07) is 9.40. The van der Waals surface area contributed by atoms with Crippen molar-refractivity contribution in [2.45, 2.75) is 74.7 Å².